The quantitative estimate of drug-likeness (QED) is 0.266. The van der Waals surface area contributed by atoms with E-state index in [0.29, 0.717) is 11.6 Å². The first-order chi connectivity index (χ1) is 20.3. The molecule has 5 rings (SSSR count). The third kappa shape index (κ3) is 7.45. The number of pyridine rings is 2. The van der Waals surface area contributed by atoms with Crippen LogP contribution in [0.4, 0.5) is 33.3 Å². The summed E-state index contributed by atoms with van der Waals surface area (Å²) in [6, 6.07) is 9.68. The van der Waals surface area contributed by atoms with Crippen LogP contribution < -0.4 is 19.7 Å². The molecule has 0 amide bonds. The van der Waals surface area contributed by atoms with Gasteiger partial charge in [-0.25, -0.2) is 27.0 Å². The zero-order valence-corrected chi connectivity index (χ0v) is 23.1. The number of piperazine rings is 1. The monoisotopic (exact) mass is 625 g/mol. The number of fused-ring (bicyclic) bond motifs is 1. The number of carbonyl (C=O) groups is 1. The Balaban J connectivity index is 0.000000541. The molecule has 1 aliphatic rings. The minimum absolute atomic E-state index is 0.0105. The van der Waals surface area contributed by atoms with Crippen LogP contribution in [-0.2, 0) is 14.8 Å². The molecule has 4 aromatic rings. The number of aromatic nitrogens is 2. The van der Waals surface area contributed by atoms with E-state index in [1.54, 1.807) is 18.5 Å². The average Bonchev–Trinajstić information content (AvgIpc) is 2.96. The fourth-order valence-electron chi connectivity index (χ4n) is 4.22. The van der Waals surface area contributed by atoms with E-state index in [9.17, 15) is 30.4 Å². The Kier molecular flexibility index (Phi) is 9.30. The first-order valence-electron chi connectivity index (χ1n) is 12.5. The van der Waals surface area contributed by atoms with Crippen molar-refractivity contribution in [3.8, 4) is 17.0 Å². The third-order valence-corrected chi connectivity index (χ3v) is 7.64. The van der Waals surface area contributed by atoms with Gasteiger partial charge in [-0.3, -0.25) is 9.71 Å². The number of carboxylic acids is 1. The molecule has 0 spiro atoms. The molecular weight excluding hydrogens is 601 g/mol. The molecule has 0 radical (unpaired) electrons. The predicted molar refractivity (Wildman–Crippen MR) is 147 cm³/mol. The van der Waals surface area contributed by atoms with Gasteiger partial charge in [-0.05, 0) is 29.8 Å². The molecule has 228 valence electrons. The maximum atomic E-state index is 14.2. The summed E-state index contributed by atoms with van der Waals surface area (Å²) in [6.45, 7) is 3.50. The minimum Gasteiger partial charge on any atom is -0.480 e. The molecule has 0 atom stereocenters. The van der Waals surface area contributed by atoms with Gasteiger partial charge in [0.05, 0.1) is 19.0 Å². The maximum Gasteiger partial charge on any atom is 0.490 e. The van der Waals surface area contributed by atoms with Crippen LogP contribution in [0.2, 0.25) is 0 Å². The van der Waals surface area contributed by atoms with E-state index >= 15 is 0 Å². The number of halogens is 5. The van der Waals surface area contributed by atoms with E-state index < -0.39 is 38.7 Å². The zero-order valence-electron chi connectivity index (χ0n) is 22.3. The lowest BCUT2D eigenvalue weighted by Gasteiger charge is -2.30. The molecular formula is C27H24F5N5O5S. The highest BCUT2D eigenvalue weighted by Crippen LogP contribution is 2.34. The number of methoxy groups -OCH3 is 1. The van der Waals surface area contributed by atoms with Gasteiger partial charge in [0.1, 0.15) is 22.2 Å². The molecule has 1 saturated heterocycles. The van der Waals surface area contributed by atoms with Crippen molar-refractivity contribution in [3.05, 3.63) is 72.7 Å². The molecule has 0 bridgehead atoms. The normalized spacial score (nSPS) is 13.7. The summed E-state index contributed by atoms with van der Waals surface area (Å²) in [5.74, 6) is -4.82. The summed E-state index contributed by atoms with van der Waals surface area (Å²) in [5, 5.41) is 12.5. The number of hydrogen-bond donors (Lipinski definition) is 3. The van der Waals surface area contributed by atoms with Gasteiger partial charge in [0.15, 0.2) is 0 Å². The Bertz CT molecular complexity index is 1750. The van der Waals surface area contributed by atoms with Gasteiger partial charge in [0.25, 0.3) is 10.0 Å². The molecule has 0 aliphatic carbocycles. The lowest BCUT2D eigenvalue weighted by Crippen LogP contribution is -2.43. The first-order valence-corrected chi connectivity index (χ1v) is 13.9. The van der Waals surface area contributed by atoms with Crippen LogP contribution in [0.5, 0.6) is 5.88 Å². The Morgan fingerprint density at radius 3 is 2.35 bits per heavy atom. The minimum atomic E-state index is -5.08. The molecule has 3 N–H and O–H groups in total. The van der Waals surface area contributed by atoms with E-state index in [4.69, 9.17) is 14.6 Å². The zero-order chi connectivity index (χ0) is 31.4. The number of alkyl halides is 3. The first kappa shape index (κ1) is 31.4. The molecule has 0 saturated carbocycles. The predicted octanol–water partition coefficient (Wildman–Crippen LogP) is 4.43. The van der Waals surface area contributed by atoms with Gasteiger partial charge < -0.3 is 20.1 Å². The van der Waals surface area contributed by atoms with Crippen molar-refractivity contribution < 1.29 is 45.0 Å². The molecule has 1 aliphatic heterocycles. The van der Waals surface area contributed by atoms with Crippen LogP contribution in [0.15, 0.2) is 66.0 Å². The lowest BCUT2D eigenvalue weighted by molar-refractivity contribution is -0.192. The standard InChI is InChI=1S/C25H23F2N5O3S.C2HF3O2/c1-35-25-22(31-36(33,34)24-5-4-19(26)12-21(24)27)11-18(14-30-25)16-2-3-17-13-29-15-23(20(17)10-16)32-8-6-28-7-9-32;3-2(4,5)1(6)7/h2-5,10-15,28,31H,6-9H2,1H3;(H,6,7). The van der Waals surface area contributed by atoms with Crippen LogP contribution in [-0.4, -0.2) is 68.9 Å². The van der Waals surface area contributed by atoms with Crippen LogP contribution in [0.1, 0.15) is 0 Å². The Labute approximate surface area is 242 Å². The van der Waals surface area contributed by atoms with Crippen LogP contribution in [0.25, 0.3) is 21.9 Å². The second-order valence-corrected chi connectivity index (χ2v) is 10.7. The van der Waals surface area contributed by atoms with Crippen molar-refractivity contribution >= 4 is 38.1 Å². The summed E-state index contributed by atoms with van der Waals surface area (Å²) in [6.07, 6.45) is 0.135. The number of rotatable bonds is 6. The van der Waals surface area contributed by atoms with Crippen molar-refractivity contribution in [3.63, 3.8) is 0 Å². The number of benzene rings is 2. The number of nitrogens with zero attached hydrogens (tertiary/aromatic N) is 3. The third-order valence-electron chi connectivity index (χ3n) is 6.25. The molecule has 1 fully saturated rings. The number of ether oxygens (including phenoxy) is 1. The molecule has 16 heteroatoms. The van der Waals surface area contributed by atoms with E-state index in [0.717, 1.165) is 60.3 Å². The average molecular weight is 626 g/mol. The number of anilines is 2. The van der Waals surface area contributed by atoms with E-state index in [1.165, 1.54) is 7.11 Å². The summed E-state index contributed by atoms with van der Waals surface area (Å²) in [4.78, 5) is 19.1. The fraction of sp³-hybridized carbons (Fsp3) is 0.222. The second-order valence-electron chi connectivity index (χ2n) is 9.10. The van der Waals surface area contributed by atoms with Gasteiger partial charge in [-0.1, -0.05) is 12.1 Å². The number of nitrogens with one attached hydrogen (secondary N) is 2. The number of aliphatic carboxylic acids is 1. The van der Waals surface area contributed by atoms with Gasteiger partial charge in [-0.2, -0.15) is 13.2 Å². The van der Waals surface area contributed by atoms with Gasteiger partial charge >= 0.3 is 12.1 Å². The fourth-order valence-corrected chi connectivity index (χ4v) is 5.33. The Hall–Kier alpha value is -4.57. The van der Waals surface area contributed by atoms with Crippen molar-refractivity contribution in [1.82, 2.24) is 15.3 Å². The van der Waals surface area contributed by atoms with Crippen LogP contribution in [0, 0.1) is 11.6 Å². The molecule has 10 nitrogen and oxygen atoms in total. The topological polar surface area (TPSA) is 134 Å². The highest BCUT2D eigenvalue weighted by atomic mass is 32.2. The van der Waals surface area contributed by atoms with E-state index in [2.05, 4.69) is 24.9 Å². The summed E-state index contributed by atoms with van der Waals surface area (Å²) < 4.78 is 92.5. The number of sulfonamides is 1. The summed E-state index contributed by atoms with van der Waals surface area (Å²) in [7, 11) is -3.03. The molecule has 2 aromatic heterocycles. The van der Waals surface area contributed by atoms with Crippen molar-refractivity contribution in [2.45, 2.75) is 11.1 Å². The summed E-state index contributed by atoms with van der Waals surface area (Å²) in [5.41, 5.74) is 2.47. The van der Waals surface area contributed by atoms with Crippen molar-refractivity contribution in [2.75, 3.05) is 42.9 Å². The molecule has 43 heavy (non-hydrogen) atoms. The Morgan fingerprint density at radius 1 is 1.02 bits per heavy atom. The Morgan fingerprint density at radius 2 is 1.72 bits per heavy atom. The summed E-state index contributed by atoms with van der Waals surface area (Å²) >= 11 is 0. The highest BCUT2D eigenvalue weighted by Gasteiger charge is 2.38. The second kappa shape index (κ2) is 12.7. The van der Waals surface area contributed by atoms with E-state index in [1.807, 2.05) is 24.4 Å². The smallest absolute Gasteiger partial charge is 0.480 e. The highest BCUT2D eigenvalue weighted by molar-refractivity contribution is 7.92. The van der Waals surface area contributed by atoms with Crippen molar-refractivity contribution in [1.29, 1.82) is 0 Å². The van der Waals surface area contributed by atoms with Gasteiger partial charge in [0, 0.05) is 61.0 Å². The number of hydrogen-bond acceptors (Lipinski definition) is 8. The van der Waals surface area contributed by atoms with Crippen LogP contribution in [0.3, 0.4) is 0 Å². The van der Waals surface area contributed by atoms with Gasteiger partial charge in [0.2, 0.25) is 5.88 Å². The molecule has 0 unspecified atom stereocenters. The van der Waals surface area contributed by atoms with Crippen LogP contribution >= 0.6 is 0 Å². The SMILES string of the molecule is COc1ncc(-c2ccc3cncc(N4CCNCC4)c3c2)cc1NS(=O)(=O)c1ccc(F)cc1F.O=C(O)C(F)(F)F. The van der Waals surface area contributed by atoms with E-state index in [-0.39, 0.29) is 11.6 Å². The lowest BCUT2D eigenvalue weighted by atomic mass is 10.0. The maximum absolute atomic E-state index is 14.2. The van der Waals surface area contributed by atoms with Crippen molar-refractivity contribution in [2.24, 2.45) is 0 Å². The largest absolute Gasteiger partial charge is 0.490 e. The number of carboxylic acid groups (broad SMARTS) is 1. The molecule has 2 aromatic carbocycles. The molecule has 3 heterocycles. The van der Waals surface area contributed by atoms with Gasteiger partial charge in [-0.15, -0.1) is 0 Å².